The van der Waals surface area contributed by atoms with Crippen LogP contribution in [-0.2, 0) is 15.5 Å². The smallest absolute Gasteiger partial charge is 0.123 e. The van der Waals surface area contributed by atoms with Gasteiger partial charge in [0.1, 0.15) is 12.4 Å². The van der Waals surface area contributed by atoms with E-state index in [2.05, 4.69) is 6.58 Å². The minimum absolute atomic E-state index is 0.256. The highest BCUT2D eigenvalue weighted by Crippen LogP contribution is 2.26. The predicted octanol–water partition coefficient (Wildman–Crippen LogP) is 3.23. The molecule has 0 radical (unpaired) electrons. The van der Waals surface area contributed by atoms with Crippen molar-refractivity contribution in [3.8, 4) is 0 Å². The summed E-state index contributed by atoms with van der Waals surface area (Å²) in [4.78, 5) is 0.868. The summed E-state index contributed by atoms with van der Waals surface area (Å²) in [5.74, 6) is 1.10. The van der Waals surface area contributed by atoms with Gasteiger partial charge in [0, 0.05) is 9.93 Å². The third kappa shape index (κ3) is 2.99. The van der Waals surface area contributed by atoms with Crippen LogP contribution in [0.25, 0.3) is 6.08 Å². The second kappa shape index (κ2) is 5.07. The monoisotopic (exact) mass is 268 g/mol. The van der Waals surface area contributed by atoms with Crippen LogP contribution in [0.15, 0.2) is 40.5 Å². The molecule has 0 aromatic heterocycles. The first-order valence-electron chi connectivity index (χ1n) is 5.22. The molecule has 4 heteroatoms. The highest BCUT2D eigenvalue weighted by molar-refractivity contribution is 7.85. The summed E-state index contributed by atoms with van der Waals surface area (Å²) in [5, 5.41) is 0.437. The van der Waals surface area contributed by atoms with E-state index in [1.165, 1.54) is 0 Å². The maximum Gasteiger partial charge on any atom is 0.123 e. The molecule has 0 aliphatic carbocycles. The van der Waals surface area contributed by atoms with Crippen LogP contribution in [-0.4, -0.2) is 16.6 Å². The van der Waals surface area contributed by atoms with Crippen LogP contribution in [0, 0.1) is 6.92 Å². The van der Waals surface area contributed by atoms with Gasteiger partial charge in [-0.2, -0.15) is 0 Å². The number of hydrogen-bond acceptors (Lipinski definition) is 2. The molecule has 1 heterocycles. The van der Waals surface area contributed by atoms with Crippen LogP contribution in [0.3, 0.4) is 0 Å². The molecule has 1 aromatic carbocycles. The lowest BCUT2D eigenvalue weighted by Gasteiger charge is -2.17. The van der Waals surface area contributed by atoms with E-state index >= 15 is 0 Å². The van der Waals surface area contributed by atoms with Crippen LogP contribution >= 0.6 is 11.6 Å². The number of ether oxygens (including phenoxy) is 1. The van der Waals surface area contributed by atoms with Gasteiger partial charge < -0.3 is 4.74 Å². The first-order chi connectivity index (χ1) is 8.06. The summed E-state index contributed by atoms with van der Waals surface area (Å²) in [6, 6.07) is 5.89. The molecule has 1 aromatic rings. The number of hydrogen-bond donors (Lipinski definition) is 0. The van der Waals surface area contributed by atoms with Crippen molar-refractivity contribution >= 4 is 28.5 Å². The number of benzene rings is 1. The summed E-state index contributed by atoms with van der Waals surface area (Å²) < 4.78 is 17.4. The lowest BCUT2D eigenvalue weighted by Crippen LogP contribution is -2.11. The molecular formula is C13H13ClO2S. The number of aryl methyl sites for hydroxylation is 1. The molecule has 1 unspecified atom stereocenters. The molecule has 0 N–H and O–H groups in total. The molecule has 2 rings (SSSR count). The Balaban J connectivity index is 2.28. The molecule has 2 nitrogen and oxygen atoms in total. The van der Waals surface area contributed by atoms with E-state index in [9.17, 15) is 4.21 Å². The number of fused-ring (bicyclic) bond motifs is 1. The molecule has 90 valence electrons. The molecule has 1 aliphatic rings. The van der Waals surface area contributed by atoms with Crippen LogP contribution in [0.5, 0.6) is 0 Å². The first kappa shape index (κ1) is 12.4. The Morgan fingerprint density at radius 1 is 1.59 bits per heavy atom. The van der Waals surface area contributed by atoms with Gasteiger partial charge in [0.25, 0.3) is 0 Å². The molecule has 17 heavy (non-hydrogen) atoms. The Bertz CT molecular complexity index is 520. The maximum absolute atomic E-state index is 12.0. The van der Waals surface area contributed by atoms with Gasteiger partial charge in [0.2, 0.25) is 0 Å². The fourth-order valence-corrected chi connectivity index (χ4v) is 2.90. The Hall–Kier alpha value is -1.06. The van der Waals surface area contributed by atoms with Crippen LogP contribution in [0.1, 0.15) is 11.1 Å². The fourth-order valence-electron chi connectivity index (χ4n) is 1.66. The summed E-state index contributed by atoms with van der Waals surface area (Å²) in [6.45, 7) is 5.82. The highest BCUT2D eigenvalue weighted by Gasteiger charge is 2.18. The van der Waals surface area contributed by atoms with Gasteiger partial charge in [-0.1, -0.05) is 35.9 Å². The predicted molar refractivity (Wildman–Crippen MR) is 71.4 cm³/mol. The van der Waals surface area contributed by atoms with Crippen molar-refractivity contribution in [1.29, 1.82) is 0 Å². The van der Waals surface area contributed by atoms with E-state index in [-0.39, 0.29) is 6.61 Å². The van der Waals surface area contributed by atoms with E-state index in [4.69, 9.17) is 16.3 Å². The zero-order valence-corrected chi connectivity index (χ0v) is 11.1. The second-order valence-electron chi connectivity index (χ2n) is 3.95. The Kier molecular flexibility index (Phi) is 3.69. The van der Waals surface area contributed by atoms with Crippen molar-refractivity contribution < 1.29 is 8.95 Å². The highest BCUT2D eigenvalue weighted by atomic mass is 35.5. The minimum Gasteiger partial charge on any atom is -0.491 e. The minimum atomic E-state index is -1.03. The molecule has 0 spiro atoms. The number of halogens is 1. The van der Waals surface area contributed by atoms with E-state index in [1.54, 1.807) is 0 Å². The van der Waals surface area contributed by atoms with Gasteiger partial charge in [-0.25, -0.2) is 0 Å². The molecule has 0 saturated heterocycles. The van der Waals surface area contributed by atoms with Crippen molar-refractivity contribution in [1.82, 2.24) is 0 Å². The Morgan fingerprint density at radius 3 is 3.06 bits per heavy atom. The summed E-state index contributed by atoms with van der Waals surface area (Å²) >= 11 is 5.64. The van der Waals surface area contributed by atoms with Gasteiger partial charge in [0.15, 0.2) is 0 Å². The molecule has 1 atom stereocenters. The lowest BCUT2D eigenvalue weighted by atomic mass is 10.1. The third-order valence-corrected chi connectivity index (χ3v) is 3.93. The quantitative estimate of drug-likeness (QED) is 0.841. The topological polar surface area (TPSA) is 26.3 Å². The van der Waals surface area contributed by atoms with E-state index in [1.807, 2.05) is 31.2 Å². The number of rotatable bonds is 3. The van der Waals surface area contributed by atoms with Gasteiger partial charge in [0.05, 0.1) is 16.6 Å². The first-order valence-corrected chi connectivity index (χ1v) is 6.91. The van der Waals surface area contributed by atoms with Crippen LogP contribution in [0.4, 0.5) is 0 Å². The van der Waals surface area contributed by atoms with E-state index < -0.39 is 10.8 Å². The van der Waals surface area contributed by atoms with E-state index in [0.717, 1.165) is 16.0 Å². The molecule has 0 bridgehead atoms. The normalized spacial score (nSPS) is 18.2. The molecule has 0 fully saturated rings. The molecule has 0 amide bonds. The average molecular weight is 269 g/mol. The molecule has 1 aliphatic heterocycles. The van der Waals surface area contributed by atoms with Crippen LogP contribution in [0.2, 0.25) is 0 Å². The third-order valence-electron chi connectivity index (χ3n) is 2.41. The van der Waals surface area contributed by atoms with Crippen molar-refractivity contribution in [2.24, 2.45) is 0 Å². The second-order valence-corrected chi connectivity index (χ2v) is 5.90. The van der Waals surface area contributed by atoms with Crippen molar-refractivity contribution in [2.75, 3.05) is 12.4 Å². The lowest BCUT2D eigenvalue weighted by molar-refractivity contribution is 0.251. The van der Waals surface area contributed by atoms with Crippen molar-refractivity contribution in [2.45, 2.75) is 11.8 Å². The van der Waals surface area contributed by atoms with Crippen LogP contribution < -0.4 is 0 Å². The molecule has 0 saturated carbocycles. The Morgan fingerprint density at radius 2 is 2.35 bits per heavy atom. The largest absolute Gasteiger partial charge is 0.491 e. The van der Waals surface area contributed by atoms with Crippen molar-refractivity contribution in [3.63, 3.8) is 0 Å². The average Bonchev–Trinajstić information content (AvgIpc) is 2.25. The maximum atomic E-state index is 12.0. The Labute approximate surface area is 108 Å². The molecular weight excluding hydrogens is 256 g/mol. The summed E-state index contributed by atoms with van der Waals surface area (Å²) in [5.41, 5.74) is 2.10. The van der Waals surface area contributed by atoms with Gasteiger partial charge in [-0.05, 0) is 24.6 Å². The van der Waals surface area contributed by atoms with Crippen molar-refractivity contribution in [3.05, 3.63) is 46.7 Å². The SMILES string of the molecule is C=C(Cl)COC1=Cc2cc(C)ccc2S(=O)C1. The zero-order chi connectivity index (χ0) is 12.4. The standard InChI is InChI=1S/C13H13ClO2S/c1-9-3-4-13-11(5-9)6-12(8-17(13)15)16-7-10(2)14/h3-6H,2,7-8H2,1H3. The fraction of sp³-hybridized carbons (Fsp3) is 0.231. The van der Waals surface area contributed by atoms with Gasteiger partial charge in [-0.3, -0.25) is 4.21 Å². The van der Waals surface area contributed by atoms with Gasteiger partial charge >= 0.3 is 0 Å². The summed E-state index contributed by atoms with van der Waals surface area (Å²) in [6.07, 6.45) is 1.92. The van der Waals surface area contributed by atoms with Gasteiger partial charge in [-0.15, -0.1) is 0 Å². The van der Waals surface area contributed by atoms with E-state index in [0.29, 0.717) is 16.5 Å². The zero-order valence-electron chi connectivity index (χ0n) is 9.53. The summed E-state index contributed by atoms with van der Waals surface area (Å²) in [7, 11) is -1.03.